The van der Waals surface area contributed by atoms with Gasteiger partial charge in [-0.05, 0) is 24.6 Å². The maximum atomic E-state index is 12.8. The molecule has 0 fully saturated rings. The summed E-state index contributed by atoms with van der Waals surface area (Å²) in [6.07, 6.45) is 2.06. The molecule has 0 saturated heterocycles. The molecule has 28 heavy (non-hydrogen) atoms. The van der Waals surface area contributed by atoms with E-state index >= 15 is 0 Å². The summed E-state index contributed by atoms with van der Waals surface area (Å²) >= 11 is 0. The van der Waals surface area contributed by atoms with Crippen LogP contribution in [0.4, 0.5) is 8.78 Å². The summed E-state index contributed by atoms with van der Waals surface area (Å²) in [5.41, 5.74) is 2.33. The predicted octanol–water partition coefficient (Wildman–Crippen LogP) is 3.27. The molecule has 2 heterocycles. The number of hydrogen-bond donors (Lipinski definition) is 1. The lowest BCUT2D eigenvalue weighted by Gasteiger charge is -2.11. The van der Waals surface area contributed by atoms with Crippen molar-refractivity contribution in [1.29, 1.82) is 0 Å². The van der Waals surface area contributed by atoms with Crippen LogP contribution in [0.3, 0.4) is 0 Å². The Bertz CT molecular complexity index is 834. The highest BCUT2D eigenvalue weighted by Gasteiger charge is 2.22. The van der Waals surface area contributed by atoms with Gasteiger partial charge in [0.1, 0.15) is 5.78 Å². The zero-order chi connectivity index (χ0) is 20.7. The van der Waals surface area contributed by atoms with E-state index in [4.69, 9.17) is 4.74 Å². The molecular weight excluding hydrogens is 368 g/mol. The number of aromatic nitrogens is 2. The van der Waals surface area contributed by atoms with Gasteiger partial charge in [-0.15, -0.1) is 0 Å². The molecule has 0 saturated carbocycles. The predicted molar refractivity (Wildman–Crippen MR) is 99.5 cm³/mol. The van der Waals surface area contributed by atoms with Crippen molar-refractivity contribution in [1.82, 2.24) is 15.3 Å². The summed E-state index contributed by atoms with van der Waals surface area (Å²) in [6, 6.07) is 6.36. The minimum Gasteiger partial charge on any atom is -0.471 e. The van der Waals surface area contributed by atoms with Crippen LogP contribution in [0.5, 0.6) is 5.88 Å². The molecule has 2 rings (SSSR count). The minimum atomic E-state index is -2.93. The Labute approximate surface area is 162 Å². The van der Waals surface area contributed by atoms with E-state index in [1.54, 1.807) is 32.0 Å². The van der Waals surface area contributed by atoms with Crippen molar-refractivity contribution in [2.45, 2.75) is 46.1 Å². The monoisotopic (exact) mass is 391 g/mol. The largest absolute Gasteiger partial charge is 0.471 e. The molecule has 0 spiro atoms. The molecule has 0 aromatic carbocycles. The Balaban J connectivity index is 1.95. The maximum absolute atomic E-state index is 12.8. The summed E-state index contributed by atoms with van der Waals surface area (Å²) in [6.45, 7) is 3.77. The van der Waals surface area contributed by atoms with Crippen LogP contribution in [0.15, 0.2) is 30.5 Å². The van der Waals surface area contributed by atoms with Gasteiger partial charge >= 0.3 is 0 Å². The van der Waals surface area contributed by atoms with E-state index in [-0.39, 0.29) is 30.5 Å². The lowest BCUT2D eigenvalue weighted by atomic mass is 10.1. The van der Waals surface area contributed by atoms with E-state index in [9.17, 15) is 18.4 Å². The van der Waals surface area contributed by atoms with Crippen LogP contribution in [0.1, 0.15) is 47.6 Å². The van der Waals surface area contributed by atoms with Gasteiger partial charge in [0, 0.05) is 55.5 Å². The molecular formula is C20H23F2N3O3. The highest BCUT2D eigenvalue weighted by Crippen LogP contribution is 2.15. The van der Waals surface area contributed by atoms with Crippen LogP contribution in [0, 0.1) is 6.92 Å². The van der Waals surface area contributed by atoms with Crippen molar-refractivity contribution in [2.75, 3.05) is 6.61 Å². The molecule has 0 atom stereocenters. The zero-order valence-corrected chi connectivity index (χ0v) is 16.1. The standard InChI is InChI=1S/C20H23F2N3O3/c1-4-17(26)9-16-8-15(7-13(2)25-16)19(27)24-11-14-5-6-18(23-10-14)28-12-20(3,21)22/h5-8,10H,4,9,11-12H2,1-3H3,(H,24,27). The first kappa shape index (κ1) is 21.4. The molecule has 1 amide bonds. The third-order valence-electron chi connectivity index (χ3n) is 3.77. The first-order valence-corrected chi connectivity index (χ1v) is 8.89. The fraction of sp³-hybridized carbons (Fsp3) is 0.400. The molecule has 0 unspecified atom stereocenters. The summed E-state index contributed by atoms with van der Waals surface area (Å²) in [4.78, 5) is 32.3. The second kappa shape index (κ2) is 9.34. The van der Waals surface area contributed by atoms with Crippen LogP contribution in [-0.4, -0.2) is 34.2 Å². The van der Waals surface area contributed by atoms with Crippen molar-refractivity contribution < 1.29 is 23.1 Å². The summed E-state index contributed by atoms with van der Waals surface area (Å²) in [7, 11) is 0. The quantitative estimate of drug-likeness (QED) is 0.710. The van der Waals surface area contributed by atoms with Crippen molar-refractivity contribution >= 4 is 11.7 Å². The fourth-order valence-electron chi connectivity index (χ4n) is 2.37. The first-order chi connectivity index (χ1) is 13.2. The Hall–Kier alpha value is -2.90. The number of pyridine rings is 2. The molecule has 6 nitrogen and oxygen atoms in total. The van der Waals surface area contributed by atoms with Crippen LogP contribution < -0.4 is 10.1 Å². The number of ether oxygens (including phenoxy) is 1. The van der Waals surface area contributed by atoms with Gasteiger partial charge in [-0.25, -0.2) is 13.8 Å². The third-order valence-corrected chi connectivity index (χ3v) is 3.77. The summed E-state index contributed by atoms with van der Waals surface area (Å²) in [5.74, 6) is -3.09. The normalized spacial score (nSPS) is 11.2. The van der Waals surface area contributed by atoms with Crippen LogP contribution in [0.2, 0.25) is 0 Å². The van der Waals surface area contributed by atoms with Crippen molar-refractivity contribution in [2.24, 2.45) is 0 Å². The average molecular weight is 391 g/mol. The van der Waals surface area contributed by atoms with E-state index in [2.05, 4.69) is 15.3 Å². The number of rotatable bonds is 9. The number of hydrogen-bond acceptors (Lipinski definition) is 5. The molecule has 2 aromatic heterocycles. The molecule has 1 N–H and O–H groups in total. The number of nitrogens with one attached hydrogen (secondary N) is 1. The number of carbonyl (C=O) groups is 2. The number of nitrogens with zero attached hydrogens (tertiary/aromatic N) is 2. The number of Topliss-reactive ketones (excluding diaryl/α,β-unsaturated/α-hetero) is 1. The van der Waals surface area contributed by atoms with Gasteiger partial charge in [-0.3, -0.25) is 14.6 Å². The number of carbonyl (C=O) groups excluding carboxylic acids is 2. The Morgan fingerprint density at radius 2 is 2.00 bits per heavy atom. The van der Waals surface area contributed by atoms with Crippen LogP contribution in [0.25, 0.3) is 0 Å². The van der Waals surface area contributed by atoms with Crippen LogP contribution in [-0.2, 0) is 17.8 Å². The van der Waals surface area contributed by atoms with E-state index < -0.39 is 12.5 Å². The number of ketones is 1. The maximum Gasteiger partial charge on any atom is 0.278 e. The number of aryl methyl sites for hydroxylation is 1. The second-order valence-electron chi connectivity index (χ2n) is 6.60. The molecule has 0 bridgehead atoms. The average Bonchev–Trinajstić information content (AvgIpc) is 2.64. The van der Waals surface area contributed by atoms with Crippen molar-refractivity contribution in [3.63, 3.8) is 0 Å². The lowest BCUT2D eigenvalue weighted by Crippen LogP contribution is -2.23. The van der Waals surface area contributed by atoms with Gasteiger partial charge in [0.2, 0.25) is 5.88 Å². The summed E-state index contributed by atoms with van der Waals surface area (Å²) < 4.78 is 30.5. The Morgan fingerprint density at radius 1 is 1.25 bits per heavy atom. The Morgan fingerprint density at radius 3 is 2.61 bits per heavy atom. The molecule has 0 aliphatic carbocycles. The van der Waals surface area contributed by atoms with Gasteiger partial charge < -0.3 is 10.1 Å². The number of halogens is 2. The van der Waals surface area contributed by atoms with E-state index in [0.717, 1.165) is 6.92 Å². The van der Waals surface area contributed by atoms with Gasteiger partial charge in [0.25, 0.3) is 11.8 Å². The van der Waals surface area contributed by atoms with Gasteiger partial charge in [0.15, 0.2) is 6.61 Å². The summed E-state index contributed by atoms with van der Waals surface area (Å²) in [5, 5.41) is 2.76. The SMILES string of the molecule is CCC(=O)Cc1cc(C(=O)NCc2ccc(OCC(C)(F)F)nc2)cc(C)n1. The topological polar surface area (TPSA) is 81.2 Å². The van der Waals surface area contributed by atoms with E-state index in [0.29, 0.717) is 28.9 Å². The number of amides is 1. The zero-order valence-electron chi connectivity index (χ0n) is 16.1. The van der Waals surface area contributed by atoms with Crippen LogP contribution >= 0.6 is 0 Å². The van der Waals surface area contributed by atoms with Gasteiger partial charge in [0.05, 0.1) is 0 Å². The van der Waals surface area contributed by atoms with Gasteiger partial charge in [-0.1, -0.05) is 13.0 Å². The molecule has 0 aliphatic rings. The Kier molecular flexibility index (Phi) is 7.14. The lowest BCUT2D eigenvalue weighted by molar-refractivity contribution is -0.118. The first-order valence-electron chi connectivity index (χ1n) is 8.89. The molecule has 0 radical (unpaired) electrons. The third kappa shape index (κ3) is 7.02. The number of alkyl halides is 2. The fourth-order valence-corrected chi connectivity index (χ4v) is 2.37. The smallest absolute Gasteiger partial charge is 0.278 e. The molecule has 150 valence electrons. The minimum absolute atomic E-state index is 0.0543. The van der Waals surface area contributed by atoms with Crippen molar-refractivity contribution in [3.05, 3.63) is 53.0 Å². The highest BCUT2D eigenvalue weighted by atomic mass is 19.3. The molecule has 0 aliphatic heterocycles. The van der Waals surface area contributed by atoms with Crippen molar-refractivity contribution in [3.8, 4) is 5.88 Å². The molecule has 8 heteroatoms. The van der Waals surface area contributed by atoms with E-state index in [1.165, 1.54) is 12.3 Å². The van der Waals surface area contributed by atoms with Gasteiger partial charge in [-0.2, -0.15) is 0 Å². The second-order valence-corrected chi connectivity index (χ2v) is 6.60. The molecule has 2 aromatic rings. The van der Waals surface area contributed by atoms with E-state index in [1.807, 2.05) is 0 Å². The highest BCUT2D eigenvalue weighted by molar-refractivity contribution is 5.94.